The minimum atomic E-state index is 0.289. The number of benzene rings is 1. The maximum atomic E-state index is 4.54. The summed E-state index contributed by atoms with van der Waals surface area (Å²) in [6.45, 7) is 6.32. The Labute approximate surface area is 148 Å². The maximum Gasteiger partial charge on any atom is 0.110 e. The minimum absolute atomic E-state index is 0.289. The lowest BCUT2D eigenvalue weighted by atomic mass is 10.0. The number of halogens is 2. The van der Waals surface area contributed by atoms with Gasteiger partial charge in [-0.2, -0.15) is 0 Å². The molecule has 0 aliphatic carbocycles. The van der Waals surface area contributed by atoms with Crippen LogP contribution in [-0.2, 0) is 13.0 Å². The van der Waals surface area contributed by atoms with Gasteiger partial charge in [-0.3, -0.25) is 0 Å². The second-order valence-corrected chi connectivity index (χ2v) is 7.09. The summed E-state index contributed by atoms with van der Waals surface area (Å²) in [5.41, 5.74) is 1.33. The summed E-state index contributed by atoms with van der Waals surface area (Å²) >= 11 is 5.99. The predicted octanol–water partition coefficient (Wildman–Crippen LogP) is 4.55. The van der Waals surface area contributed by atoms with Crippen molar-refractivity contribution in [1.82, 2.24) is 14.9 Å². The Morgan fingerprint density at radius 3 is 2.90 bits per heavy atom. The van der Waals surface area contributed by atoms with Gasteiger partial charge in [0, 0.05) is 39.4 Å². The lowest BCUT2D eigenvalue weighted by Crippen LogP contribution is -2.25. The van der Waals surface area contributed by atoms with Crippen molar-refractivity contribution in [2.24, 2.45) is 0 Å². The molecule has 114 valence electrons. The van der Waals surface area contributed by atoms with Crippen molar-refractivity contribution in [2.75, 3.05) is 6.54 Å². The maximum absolute atomic E-state index is 4.54. The van der Waals surface area contributed by atoms with Gasteiger partial charge in [-0.15, -0.1) is 0 Å². The zero-order valence-corrected chi connectivity index (χ0v) is 16.2. The first kappa shape index (κ1) is 17.0. The number of aromatic nitrogens is 2. The summed E-state index contributed by atoms with van der Waals surface area (Å²) < 4.78 is 4.67. The van der Waals surface area contributed by atoms with Crippen molar-refractivity contribution in [2.45, 2.75) is 39.3 Å². The van der Waals surface area contributed by atoms with E-state index in [0.717, 1.165) is 36.2 Å². The van der Waals surface area contributed by atoms with Gasteiger partial charge in [0.05, 0.1) is 0 Å². The standard InChI is InChI=1S/C16H21BrIN3/c1-3-8-21-9-7-20-16(21)11-15(19-4-2)13-10-12(17)5-6-14(13)18/h5-7,9-10,15,19H,3-4,8,11H2,1-2H3. The van der Waals surface area contributed by atoms with Crippen LogP contribution in [0.5, 0.6) is 0 Å². The molecule has 0 saturated carbocycles. The van der Waals surface area contributed by atoms with Crippen LogP contribution in [-0.4, -0.2) is 16.1 Å². The van der Waals surface area contributed by atoms with E-state index in [2.05, 4.69) is 91.6 Å². The first-order valence-corrected chi connectivity index (χ1v) is 9.21. The van der Waals surface area contributed by atoms with Crippen LogP contribution in [0.15, 0.2) is 35.1 Å². The molecule has 0 aliphatic heterocycles. The Hall–Kier alpha value is -0.400. The Morgan fingerprint density at radius 1 is 1.38 bits per heavy atom. The van der Waals surface area contributed by atoms with Gasteiger partial charge in [0.15, 0.2) is 0 Å². The molecule has 1 atom stereocenters. The summed E-state index contributed by atoms with van der Waals surface area (Å²) in [5, 5.41) is 3.60. The number of imidazole rings is 1. The molecule has 1 aromatic heterocycles. The zero-order chi connectivity index (χ0) is 15.2. The van der Waals surface area contributed by atoms with E-state index in [9.17, 15) is 0 Å². The van der Waals surface area contributed by atoms with E-state index in [-0.39, 0.29) is 6.04 Å². The number of likely N-dealkylation sites (N-methyl/N-ethyl adjacent to an activating group) is 1. The van der Waals surface area contributed by atoms with Crippen molar-refractivity contribution in [1.29, 1.82) is 0 Å². The van der Waals surface area contributed by atoms with Gasteiger partial charge in [0.25, 0.3) is 0 Å². The molecule has 1 N–H and O–H groups in total. The third-order valence-corrected chi connectivity index (χ3v) is 4.91. The summed E-state index contributed by atoms with van der Waals surface area (Å²) in [5.74, 6) is 1.15. The van der Waals surface area contributed by atoms with Crippen LogP contribution in [0.2, 0.25) is 0 Å². The number of rotatable bonds is 7. The van der Waals surface area contributed by atoms with Gasteiger partial charge in [-0.05, 0) is 59.3 Å². The Morgan fingerprint density at radius 2 is 2.19 bits per heavy atom. The first-order chi connectivity index (χ1) is 10.2. The van der Waals surface area contributed by atoms with E-state index < -0.39 is 0 Å². The number of hydrogen-bond acceptors (Lipinski definition) is 2. The third-order valence-electron chi connectivity index (χ3n) is 3.44. The predicted molar refractivity (Wildman–Crippen MR) is 99.5 cm³/mol. The highest BCUT2D eigenvalue weighted by molar-refractivity contribution is 14.1. The van der Waals surface area contributed by atoms with E-state index >= 15 is 0 Å². The van der Waals surface area contributed by atoms with Crippen molar-refractivity contribution < 1.29 is 0 Å². The van der Waals surface area contributed by atoms with Crippen LogP contribution in [0.3, 0.4) is 0 Å². The summed E-state index contributed by atoms with van der Waals surface area (Å²) in [7, 11) is 0. The van der Waals surface area contributed by atoms with E-state index in [0.29, 0.717) is 0 Å². The molecule has 2 rings (SSSR count). The number of hydrogen-bond donors (Lipinski definition) is 1. The van der Waals surface area contributed by atoms with Gasteiger partial charge in [0.2, 0.25) is 0 Å². The summed E-state index contributed by atoms with van der Waals surface area (Å²) in [6.07, 6.45) is 6.02. The first-order valence-electron chi connectivity index (χ1n) is 7.34. The normalized spacial score (nSPS) is 12.6. The smallest absolute Gasteiger partial charge is 0.110 e. The molecular formula is C16H21BrIN3. The summed E-state index contributed by atoms with van der Waals surface area (Å²) in [6, 6.07) is 6.74. The third kappa shape index (κ3) is 4.53. The Kier molecular flexibility index (Phi) is 6.70. The van der Waals surface area contributed by atoms with Crippen LogP contribution in [0.1, 0.15) is 37.7 Å². The molecule has 1 heterocycles. The molecule has 0 bridgehead atoms. The topological polar surface area (TPSA) is 29.9 Å². The van der Waals surface area contributed by atoms with Gasteiger partial charge >= 0.3 is 0 Å². The highest BCUT2D eigenvalue weighted by atomic mass is 127. The fraction of sp³-hybridized carbons (Fsp3) is 0.438. The second kappa shape index (κ2) is 8.29. The van der Waals surface area contributed by atoms with Gasteiger partial charge in [0.1, 0.15) is 5.82 Å². The zero-order valence-electron chi connectivity index (χ0n) is 12.4. The average Bonchev–Trinajstić information content (AvgIpc) is 2.89. The molecule has 1 aromatic carbocycles. The quantitative estimate of drug-likeness (QED) is 0.613. The molecule has 3 nitrogen and oxygen atoms in total. The van der Waals surface area contributed by atoms with Crippen LogP contribution in [0, 0.1) is 3.57 Å². The highest BCUT2D eigenvalue weighted by Crippen LogP contribution is 2.26. The van der Waals surface area contributed by atoms with Crippen LogP contribution in [0.25, 0.3) is 0 Å². The molecule has 0 saturated heterocycles. The fourth-order valence-electron chi connectivity index (χ4n) is 2.48. The van der Waals surface area contributed by atoms with Gasteiger partial charge in [-0.25, -0.2) is 4.98 Å². The van der Waals surface area contributed by atoms with Crippen LogP contribution >= 0.6 is 38.5 Å². The molecule has 1 unspecified atom stereocenters. The number of nitrogens with zero attached hydrogens (tertiary/aromatic N) is 2. The van der Waals surface area contributed by atoms with E-state index in [1.165, 1.54) is 9.13 Å². The lowest BCUT2D eigenvalue weighted by molar-refractivity contribution is 0.514. The van der Waals surface area contributed by atoms with Crippen molar-refractivity contribution >= 4 is 38.5 Å². The second-order valence-electron chi connectivity index (χ2n) is 5.02. The molecule has 0 spiro atoms. The van der Waals surface area contributed by atoms with Crippen LogP contribution < -0.4 is 5.32 Å². The fourth-order valence-corrected chi connectivity index (χ4v) is 3.57. The SMILES string of the molecule is CCCn1ccnc1CC(NCC)c1cc(Br)ccc1I. The molecule has 0 aliphatic rings. The van der Waals surface area contributed by atoms with E-state index in [4.69, 9.17) is 0 Å². The van der Waals surface area contributed by atoms with Crippen molar-refractivity contribution in [3.63, 3.8) is 0 Å². The van der Waals surface area contributed by atoms with Crippen LogP contribution in [0.4, 0.5) is 0 Å². The lowest BCUT2D eigenvalue weighted by Gasteiger charge is -2.20. The molecule has 21 heavy (non-hydrogen) atoms. The number of aryl methyl sites for hydroxylation is 1. The largest absolute Gasteiger partial charge is 0.335 e. The Balaban J connectivity index is 2.26. The molecule has 0 fully saturated rings. The minimum Gasteiger partial charge on any atom is -0.335 e. The molecule has 0 radical (unpaired) electrons. The van der Waals surface area contributed by atoms with E-state index in [1.54, 1.807) is 0 Å². The van der Waals surface area contributed by atoms with Gasteiger partial charge < -0.3 is 9.88 Å². The molecule has 2 aromatic rings. The van der Waals surface area contributed by atoms with Crippen molar-refractivity contribution in [3.05, 3.63) is 50.0 Å². The number of nitrogens with one attached hydrogen (secondary N) is 1. The Bertz CT molecular complexity index is 583. The molecule has 0 amide bonds. The molecular weight excluding hydrogens is 441 g/mol. The monoisotopic (exact) mass is 461 g/mol. The van der Waals surface area contributed by atoms with E-state index in [1.807, 2.05) is 6.20 Å². The van der Waals surface area contributed by atoms with Gasteiger partial charge in [-0.1, -0.05) is 29.8 Å². The van der Waals surface area contributed by atoms with Crippen molar-refractivity contribution in [3.8, 4) is 0 Å². The highest BCUT2D eigenvalue weighted by Gasteiger charge is 2.17. The average molecular weight is 462 g/mol. The molecule has 5 heteroatoms. The summed E-state index contributed by atoms with van der Waals surface area (Å²) in [4.78, 5) is 4.54.